The molecule has 0 saturated carbocycles. The Morgan fingerprint density at radius 3 is 2.20 bits per heavy atom. The van der Waals surface area contributed by atoms with Crippen molar-refractivity contribution in [3.8, 4) is 11.1 Å². The summed E-state index contributed by atoms with van der Waals surface area (Å²) < 4.78 is 74.9. The highest BCUT2D eigenvalue weighted by molar-refractivity contribution is 5.83. The number of aromatic nitrogens is 1. The van der Waals surface area contributed by atoms with Gasteiger partial charge in [0.25, 0.3) is 0 Å². The van der Waals surface area contributed by atoms with E-state index < -0.39 is 23.4 Å². The van der Waals surface area contributed by atoms with Gasteiger partial charge in [-0.25, -0.2) is 8.78 Å². The SMILES string of the molecule is O=C(Cn1c(CCc2cccc(F)c2F)cc(=O)c2ccccc21)N(CCN1CCOCC1)Cc1ccc(-c2ccc(C(F)(F)F)cc2)cc1. The Hall–Kier alpha value is -4.87. The van der Waals surface area contributed by atoms with E-state index in [1.807, 2.05) is 24.3 Å². The van der Waals surface area contributed by atoms with Crippen molar-refractivity contribution in [2.24, 2.45) is 0 Å². The van der Waals surface area contributed by atoms with Crippen molar-refractivity contribution in [1.29, 1.82) is 0 Å². The number of fused-ring (bicyclic) bond motifs is 1. The lowest BCUT2D eigenvalue weighted by Gasteiger charge is -2.31. The molecule has 11 heteroatoms. The number of morpholine rings is 1. The van der Waals surface area contributed by atoms with Gasteiger partial charge in [0.15, 0.2) is 17.1 Å². The Balaban J connectivity index is 1.26. The summed E-state index contributed by atoms with van der Waals surface area (Å²) >= 11 is 0. The molecule has 0 unspecified atom stereocenters. The molecule has 0 radical (unpaired) electrons. The topological polar surface area (TPSA) is 54.8 Å². The number of alkyl halides is 3. The fraction of sp³-hybridized carbons (Fsp3) is 0.282. The second-order valence-corrected chi connectivity index (χ2v) is 12.4. The molecule has 1 aliphatic heterocycles. The Morgan fingerprint density at radius 2 is 1.50 bits per heavy atom. The van der Waals surface area contributed by atoms with E-state index in [-0.39, 0.29) is 42.8 Å². The summed E-state index contributed by atoms with van der Waals surface area (Å²) in [5.74, 6) is -2.08. The molecular weight excluding hydrogens is 653 g/mol. The van der Waals surface area contributed by atoms with Gasteiger partial charge in [0.2, 0.25) is 5.91 Å². The normalized spacial score (nSPS) is 13.9. The molecule has 0 bridgehead atoms. The monoisotopic (exact) mass is 689 g/mol. The lowest BCUT2D eigenvalue weighted by Crippen LogP contribution is -2.43. The van der Waals surface area contributed by atoms with Gasteiger partial charge in [-0.3, -0.25) is 14.5 Å². The van der Waals surface area contributed by atoms with Gasteiger partial charge in [0.05, 0.1) is 24.3 Å². The summed E-state index contributed by atoms with van der Waals surface area (Å²) in [4.78, 5) is 31.3. The van der Waals surface area contributed by atoms with Crippen LogP contribution >= 0.6 is 0 Å². The Kier molecular flexibility index (Phi) is 10.7. The summed E-state index contributed by atoms with van der Waals surface area (Å²) in [5.41, 5.74) is 2.55. The molecule has 1 aliphatic rings. The van der Waals surface area contributed by atoms with Crippen molar-refractivity contribution in [3.05, 3.63) is 141 Å². The molecule has 6 rings (SSSR count). The smallest absolute Gasteiger partial charge is 0.379 e. The first kappa shape index (κ1) is 35.0. The van der Waals surface area contributed by atoms with Crippen LogP contribution in [0, 0.1) is 11.6 Å². The number of hydrogen-bond acceptors (Lipinski definition) is 4. The highest BCUT2D eigenvalue weighted by Crippen LogP contribution is 2.31. The largest absolute Gasteiger partial charge is 0.416 e. The van der Waals surface area contributed by atoms with E-state index in [9.17, 15) is 31.5 Å². The number of benzene rings is 4. The van der Waals surface area contributed by atoms with Crippen LogP contribution < -0.4 is 5.43 Å². The second kappa shape index (κ2) is 15.3. The molecule has 1 aromatic heterocycles. The number of pyridine rings is 1. The molecular formula is C39H36F5N3O3. The summed E-state index contributed by atoms with van der Waals surface area (Å²) in [5, 5.41) is 0.444. The van der Waals surface area contributed by atoms with Crippen molar-refractivity contribution >= 4 is 16.8 Å². The van der Waals surface area contributed by atoms with Gasteiger partial charge in [0, 0.05) is 49.9 Å². The van der Waals surface area contributed by atoms with Gasteiger partial charge in [-0.05, 0) is 65.4 Å². The molecule has 5 aromatic rings. The molecule has 50 heavy (non-hydrogen) atoms. The molecule has 1 fully saturated rings. The van der Waals surface area contributed by atoms with E-state index in [2.05, 4.69) is 4.90 Å². The maximum absolute atomic E-state index is 14.5. The quantitative estimate of drug-likeness (QED) is 0.139. The predicted molar refractivity (Wildman–Crippen MR) is 182 cm³/mol. The second-order valence-electron chi connectivity index (χ2n) is 12.4. The number of hydrogen-bond donors (Lipinski definition) is 0. The lowest BCUT2D eigenvalue weighted by molar-refractivity contribution is -0.137. The van der Waals surface area contributed by atoms with E-state index in [4.69, 9.17) is 4.74 Å². The molecule has 260 valence electrons. The van der Waals surface area contributed by atoms with Gasteiger partial charge < -0.3 is 14.2 Å². The molecule has 4 aromatic carbocycles. The summed E-state index contributed by atoms with van der Waals surface area (Å²) in [6.45, 7) is 3.93. The van der Waals surface area contributed by atoms with Crippen LogP contribution in [0.25, 0.3) is 22.0 Å². The van der Waals surface area contributed by atoms with Gasteiger partial charge >= 0.3 is 6.18 Å². The predicted octanol–water partition coefficient (Wildman–Crippen LogP) is 7.11. The summed E-state index contributed by atoms with van der Waals surface area (Å²) in [7, 11) is 0. The zero-order chi connectivity index (χ0) is 35.3. The molecule has 0 atom stereocenters. The minimum Gasteiger partial charge on any atom is -0.379 e. The van der Waals surface area contributed by atoms with E-state index in [1.54, 1.807) is 33.7 Å². The minimum absolute atomic E-state index is 0.0888. The first-order chi connectivity index (χ1) is 24.1. The van der Waals surface area contributed by atoms with Crippen molar-refractivity contribution in [2.75, 3.05) is 39.4 Å². The summed E-state index contributed by atoms with van der Waals surface area (Å²) in [6, 6.07) is 24.8. The van der Waals surface area contributed by atoms with Crippen LogP contribution in [0.5, 0.6) is 0 Å². The lowest BCUT2D eigenvalue weighted by atomic mass is 10.0. The molecule has 0 N–H and O–H groups in total. The van der Waals surface area contributed by atoms with E-state index >= 15 is 0 Å². The van der Waals surface area contributed by atoms with Gasteiger partial charge in [0.1, 0.15) is 6.54 Å². The molecule has 0 spiro atoms. The maximum Gasteiger partial charge on any atom is 0.416 e. The van der Waals surface area contributed by atoms with Crippen molar-refractivity contribution in [3.63, 3.8) is 0 Å². The first-order valence-electron chi connectivity index (χ1n) is 16.5. The van der Waals surface area contributed by atoms with Crippen LogP contribution in [0.3, 0.4) is 0 Å². The Labute approximate surface area is 286 Å². The molecule has 2 heterocycles. The van der Waals surface area contributed by atoms with E-state index in [0.29, 0.717) is 48.5 Å². The van der Waals surface area contributed by atoms with Gasteiger partial charge in [-0.2, -0.15) is 13.2 Å². The molecule has 1 saturated heterocycles. The van der Waals surface area contributed by atoms with Gasteiger partial charge in [-0.15, -0.1) is 0 Å². The number of aryl methyl sites for hydroxylation is 2. The molecule has 6 nitrogen and oxygen atoms in total. The minimum atomic E-state index is -4.42. The van der Waals surface area contributed by atoms with Crippen LogP contribution in [-0.2, 0) is 41.6 Å². The van der Waals surface area contributed by atoms with E-state index in [1.165, 1.54) is 30.3 Å². The highest BCUT2D eigenvalue weighted by atomic mass is 19.4. The zero-order valence-corrected chi connectivity index (χ0v) is 27.3. The third kappa shape index (κ3) is 8.28. The van der Waals surface area contributed by atoms with Crippen LogP contribution in [-0.4, -0.2) is 59.7 Å². The highest BCUT2D eigenvalue weighted by Gasteiger charge is 2.30. The third-order valence-corrected chi connectivity index (χ3v) is 9.10. The number of halogens is 5. The first-order valence-corrected chi connectivity index (χ1v) is 16.5. The fourth-order valence-electron chi connectivity index (χ4n) is 6.27. The van der Waals surface area contributed by atoms with Crippen molar-refractivity contribution < 1.29 is 31.5 Å². The number of rotatable bonds is 11. The van der Waals surface area contributed by atoms with Gasteiger partial charge in [-0.1, -0.05) is 60.7 Å². The van der Waals surface area contributed by atoms with Crippen LogP contribution in [0.2, 0.25) is 0 Å². The Morgan fingerprint density at radius 1 is 0.820 bits per heavy atom. The van der Waals surface area contributed by atoms with E-state index in [0.717, 1.165) is 42.4 Å². The van der Waals surface area contributed by atoms with Crippen LogP contribution in [0.15, 0.2) is 102 Å². The number of ether oxygens (including phenoxy) is 1. The number of carbonyl (C=O) groups is 1. The molecule has 1 amide bonds. The zero-order valence-electron chi connectivity index (χ0n) is 27.3. The average Bonchev–Trinajstić information content (AvgIpc) is 3.12. The number of nitrogens with zero attached hydrogens (tertiary/aromatic N) is 3. The number of amides is 1. The Bertz CT molecular complexity index is 2000. The average molecular weight is 690 g/mol. The number of para-hydroxylation sites is 1. The third-order valence-electron chi connectivity index (χ3n) is 9.10. The standard InChI is InChI=1S/C39H36F5N3O3/c40-34-6-3-4-30(38(34)41)14-17-32-24-36(48)33-5-1-2-7-35(33)47(32)26-37(49)46(19-18-45-20-22-50-23-21-45)25-27-8-10-28(11-9-27)29-12-15-31(16-13-29)39(42,43)44/h1-13,15-16,24H,14,17-23,25-26H2. The van der Waals surface area contributed by atoms with Crippen LogP contribution in [0.1, 0.15) is 22.4 Å². The summed E-state index contributed by atoms with van der Waals surface area (Å²) in [6.07, 6.45) is -4.09. The van der Waals surface area contributed by atoms with Crippen molar-refractivity contribution in [2.45, 2.75) is 32.1 Å². The number of carbonyl (C=O) groups excluding carboxylic acids is 1. The fourth-order valence-corrected chi connectivity index (χ4v) is 6.27. The maximum atomic E-state index is 14.5. The molecule has 0 aliphatic carbocycles. The van der Waals surface area contributed by atoms with Crippen molar-refractivity contribution in [1.82, 2.24) is 14.4 Å². The van der Waals surface area contributed by atoms with Crippen LogP contribution in [0.4, 0.5) is 22.0 Å².